The highest BCUT2D eigenvalue weighted by Crippen LogP contribution is 2.31. The van der Waals surface area contributed by atoms with Gasteiger partial charge in [0.05, 0.1) is 19.2 Å². The molecule has 9 heteroatoms. The molecule has 2 aliphatic rings. The van der Waals surface area contributed by atoms with E-state index in [1.807, 2.05) is 16.7 Å². The Bertz CT molecular complexity index is 719. The fourth-order valence-electron chi connectivity index (χ4n) is 4.12. The number of rotatable bonds is 5. The number of likely N-dealkylation sites (tertiary alicyclic amines) is 2. The zero-order valence-electron chi connectivity index (χ0n) is 16.5. The van der Waals surface area contributed by atoms with Crippen molar-refractivity contribution in [1.29, 1.82) is 0 Å². The summed E-state index contributed by atoms with van der Waals surface area (Å²) in [5.74, 6) is 1.45. The minimum atomic E-state index is -0.603. The van der Waals surface area contributed by atoms with E-state index in [1.165, 1.54) is 7.11 Å². The molecule has 3 rings (SSSR count). The first kappa shape index (κ1) is 20.2. The Labute approximate surface area is 164 Å². The van der Waals surface area contributed by atoms with Gasteiger partial charge < -0.3 is 24.4 Å². The van der Waals surface area contributed by atoms with Crippen molar-refractivity contribution >= 4 is 17.9 Å². The molecule has 0 bridgehead atoms. The molecule has 3 amide bonds. The van der Waals surface area contributed by atoms with E-state index in [2.05, 4.69) is 15.2 Å². The average Bonchev–Trinajstić information content (AvgIpc) is 3.35. The maximum atomic E-state index is 12.5. The molecular formula is C19H28N4O5. The van der Waals surface area contributed by atoms with Gasteiger partial charge >= 0.3 is 6.09 Å². The third-order valence-electron chi connectivity index (χ3n) is 5.63. The van der Waals surface area contributed by atoms with Crippen LogP contribution >= 0.6 is 0 Å². The van der Waals surface area contributed by atoms with E-state index < -0.39 is 6.09 Å². The summed E-state index contributed by atoms with van der Waals surface area (Å²) in [5, 5.41) is 6.34. The smallest absolute Gasteiger partial charge is 0.407 e. The highest BCUT2D eigenvalue weighted by molar-refractivity contribution is 5.82. The summed E-state index contributed by atoms with van der Waals surface area (Å²) in [5.41, 5.74) is 0.665. The van der Waals surface area contributed by atoms with Gasteiger partial charge in [0.2, 0.25) is 11.8 Å². The number of alkyl carbamates (subject to hydrolysis) is 1. The van der Waals surface area contributed by atoms with Gasteiger partial charge in [-0.05, 0) is 38.0 Å². The van der Waals surface area contributed by atoms with Crippen LogP contribution in [0.2, 0.25) is 0 Å². The van der Waals surface area contributed by atoms with Gasteiger partial charge in [-0.25, -0.2) is 4.79 Å². The first-order chi connectivity index (χ1) is 13.5. The highest BCUT2D eigenvalue weighted by atomic mass is 16.5. The number of hydrogen-bond acceptors (Lipinski definition) is 6. The van der Waals surface area contributed by atoms with Crippen LogP contribution in [-0.4, -0.2) is 72.7 Å². The Hall–Kier alpha value is -2.58. The number of nitrogens with one attached hydrogen (secondary N) is 1. The van der Waals surface area contributed by atoms with E-state index in [0.717, 1.165) is 32.4 Å². The van der Waals surface area contributed by atoms with Crippen molar-refractivity contribution in [3.8, 4) is 0 Å². The Kier molecular flexibility index (Phi) is 6.53. The molecule has 1 aromatic rings. The standard InChI is InChI=1S/C19H28N4O5/c1-13-8-16(21-28-13)9-17(24)23-7-5-15(12-23)14-4-3-6-22(11-14)18(25)10-20-19(26)27-2/h8,14-15H,3-7,9-12H2,1-2H3,(H,20,26). The van der Waals surface area contributed by atoms with Gasteiger partial charge in [0.1, 0.15) is 12.3 Å². The van der Waals surface area contributed by atoms with E-state index >= 15 is 0 Å². The molecule has 9 nitrogen and oxygen atoms in total. The van der Waals surface area contributed by atoms with Crippen molar-refractivity contribution in [2.45, 2.75) is 32.6 Å². The number of carbonyl (C=O) groups is 3. The number of aromatic nitrogens is 1. The van der Waals surface area contributed by atoms with E-state index in [-0.39, 0.29) is 24.8 Å². The predicted octanol–water partition coefficient (Wildman–Crippen LogP) is 0.969. The maximum Gasteiger partial charge on any atom is 0.407 e. The Balaban J connectivity index is 1.48. The molecule has 1 aromatic heterocycles. The summed E-state index contributed by atoms with van der Waals surface area (Å²) in [6.45, 7) is 4.61. The van der Waals surface area contributed by atoms with Gasteiger partial charge in [0.25, 0.3) is 0 Å². The van der Waals surface area contributed by atoms with Crippen molar-refractivity contribution in [3.63, 3.8) is 0 Å². The Morgan fingerprint density at radius 3 is 2.57 bits per heavy atom. The molecule has 2 unspecified atom stereocenters. The lowest BCUT2D eigenvalue weighted by Crippen LogP contribution is -2.46. The first-order valence-electron chi connectivity index (χ1n) is 9.76. The molecule has 0 saturated carbocycles. The number of ether oxygens (including phenoxy) is 1. The summed E-state index contributed by atoms with van der Waals surface area (Å²) in [6.07, 6.45) is 2.62. The van der Waals surface area contributed by atoms with Gasteiger partial charge in [0, 0.05) is 32.2 Å². The maximum absolute atomic E-state index is 12.5. The second-order valence-corrected chi connectivity index (χ2v) is 7.58. The molecule has 2 saturated heterocycles. The van der Waals surface area contributed by atoms with E-state index in [1.54, 1.807) is 6.07 Å². The van der Waals surface area contributed by atoms with Gasteiger partial charge in [-0.2, -0.15) is 0 Å². The number of nitrogens with zero attached hydrogens (tertiary/aromatic N) is 3. The monoisotopic (exact) mass is 392 g/mol. The summed E-state index contributed by atoms with van der Waals surface area (Å²) in [4.78, 5) is 39.7. The minimum absolute atomic E-state index is 0.0498. The van der Waals surface area contributed by atoms with Gasteiger partial charge in [-0.3, -0.25) is 9.59 Å². The lowest BCUT2D eigenvalue weighted by Gasteiger charge is -2.35. The average molecular weight is 392 g/mol. The van der Waals surface area contributed by atoms with Crippen LogP contribution in [0.4, 0.5) is 4.79 Å². The predicted molar refractivity (Wildman–Crippen MR) is 99.3 cm³/mol. The lowest BCUT2D eigenvalue weighted by atomic mass is 9.85. The molecule has 2 atom stereocenters. The van der Waals surface area contributed by atoms with Crippen LogP contribution in [0.5, 0.6) is 0 Å². The molecule has 154 valence electrons. The number of methoxy groups -OCH3 is 1. The molecule has 0 radical (unpaired) electrons. The molecule has 28 heavy (non-hydrogen) atoms. The van der Waals surface area contributed by atoms with Crippen molar-refractivity contribution < 1.29 is 23.6 Å². The molecular weight excluding hydrogens is 364 g/mol. The number of amides is 3. The second kappa shape index (κ2) is 9.07. The largest absolute Gasteiger partial charge is 0.453 e. The third kappa shape index (κ3) is 5.02. The Morgan fingerprint density at radius 1 is 1.18 bits per heavy atom. The van der Waals surface area contributed by atoms with Crippen molar-refractivity contribution in [2.75, 3.05) is 39.8 Å². The zero-order chi connectivity index (χ0) is 20.1. The lowest BCUT2D eigenvalue weighted by molar-refractivity contribution is -0.133. The number of aryl methyl sites for hydroxylation is 1. The quantitative estimate of drug-likeness (QED) is 0.801. The van der Waals surface area contributed by atoms with Gasteiger partial charge in [-0.15, -0.1) is 0 Å². The second-order valence-electron chi connectivity index (χ2n) is 7.58. The van der Waals surface area contributed by atoms with Crippen molar-refractivity contribution in [2.24, 2.45) is 11.8 Å². The van der Waals surface area contributed by atoms with Crippen LogP contribution in [0.3, 0.4) is 0 Å². The Morgan fingerprint density at radius 2 is 1.89 bits per heavy atom. The van der Waals surface area contributed by atoms with Crippen LogP contribution in [0.15, 0.2) is 10.6 Å². The van der Waals surface area contributed by atoms with E-state index in [0.29, 0.717) is 36.4 Å². The molecule has 2 fully saturated rings. The van der Waals surface area contributed by atoms with Crippen molar-refractivity contribution in [3.05, 3.63) is 17.5 Å². The number of hydrogen-bond donors (Lipinski definition) is 1. The molecule has 2 aliphatic heterocycles. The van der Waals surface area contributed by atoms with E-state index in [9.17, 15) is 14.4 Å². The highest BCUT2D eigenvalue weighted by Gasteiger charge is 2.35. The summed E-state index contributed by atoms with van der Waals surface area (Å²) >= 11 is 0. The van der Waals surface area contributed by atoms with Crippen LogP contribution < -0.4 is 5.32 Å². The topological polar surface area (TPSA) is 105 Å². The van der Waals surface area contributed by atoms with Gasteiger partial charge in [-0.1, -0.05) is 5.16 Å². The number of piperidine rings is 1. The zero-order valence-corrected chi connectivity index (χ0v) is 16.5. The summed E-state index contributed by atoms with van der Waals surface area (Å²) in [6, 6.07) is 1.79. The fraction of sp³-hybridized carbons (Fsp3) is 0.684. The van der Waals surface area contributed by atoms with Crippen molar-refractivity contribution in [1.82, 2.24) is 20.3 Å². The third-order valence-corrected chi connectivity index (χ3v) is 5.63. The summed E-state index contributed by atoms with van der Waals surface area (Å²) < 4.78 is 9.53. The SMILES string of the molecule is COC(=O)NCC(=O)N1CCCC(C2CCN(C(=O)Cc3cc(C)on3)C2)C1. The molecule has 3 heterocycles. The minimum Gasteiger partial charge on any atom is -0.453 e. The number of carbonyl (C=O) groups excluding carboxylic acids is 3. The fourth-order valence-corrected chi connectivity index (χ4v) is 4.12. The van der Waals surface area contributed by atoms with Gasteiger partial charge in [0.15, 0.2) is 0 Å². The molecule has 1 N–H and O–H groups in total. The normalized spacial score (nSPS) is 22.2. The summed E-state index contributed by atoms with van der Waals surface area (Å²) in [7, 11) is 1.27. The molecule has 0 aliphatic carbocycles. The van der Waals surface area contributed by atoms with Crippen LogP contribution in [0.1, 0.15) is 30.7 Å². The van der Waals surface area contributed by atoms with Crippen LogP contribution in [-0.2, 0) is 20.7 Å². The molecule has 0 spiro atoms. The molecule has 0 aromatic carbocycles. The van der Waals surface area contributed by atoms with E-state index in [4.69, 9.17) is 4.52 Å². The first-order valence-corrected chi connectivity index (χ1v) is 9.76. The van der Waals surface area contributed by atoms with Crippen LogP contribution in [0, 0.1) is 18.8 Å². The van der Waals surface area contributed by atoms with Crippen LogP contribution in [0.25, 0.3) is 0 Å².